The maximum atomic E-state index is 8.92. The summed E-state index contributed by atoms with van der Waals surface area (Å²) >= 11 is 13.0. The van der Waals surface area contributed by atoms with E-state index in [-0.39, 0.29) is 21.5 Å². The van der Waals surface area contributed by atoms with Gasteiger partial charge in [-0.1, -0.05) is 303 Å². The molecule has 113 heavy (non-hydrogen) atoms. The van der Waals surface area contributed by atoms with Crippen LogP contribution in [0, 0.1) is 6.92 Å². The molecule has 0 bridgehead atoms. The van der Waals surface area contributed by atoms with Gasteiger partial charge in [0.2, 0.25) is 5.28 Å². The van der Waals surface area contributed by atoms with E-state index in [1.54, 1.807) is 0 Å². The first-order chi connectivity index (χ1) is 54.9. The molecule has 1 N–H and O–H groups in total. The lowest BCUT2D eigenvalue weighted by Crippen LogP contribution is -2.15. The van der Waals surface area contributed by atoms with Crippen LogP contribution in [0.2, 0.25) is 5.28 Å². The summed E-state index contributed by atoms with van der Waals surface area (Å²) in [6.07, 6.45) is 1.07. The van der Waals surface area contributed by atoms with Crippen molar-refractivity contribution in [3.8, 4) is 84.0 Å². The Morgan fingerprint density at radius 2 is 0.761 bits per heavy atom. The van der Waals surface area contributed by atoms with Gasteiger partial charge in [-0.15, -0.1) is 0 Å². The Morgan fingerprint density at radius 3 is 1.28 bits per heavy atom. The zero-order valence-electron chi connectivity index (χ0n) is 63.8. The predicted molar refractivity (Wildman–Crippen MR) is 480 cm³/mol. The Kier molecular flexibility index (Phi) is 19.0. The maximum Gasteiger partial charge on any atom is 0.569 e. The van der Waals surface area contributed by atoms with Gasteiger partial charge in [0.1, 0.15) is 5.75 Å². The smallest absolute Gasteiger partial charge is 0.537 e. The van der Waals surface area contributed by atoms with Crippen molar-refractivity contribution < 1.29 is 9.68 Å². The van der Waals surface area contributed by atoms with Crippen LogP contribution in [-0.4, -0.2) is 31.8 Å². The lowest BCUT2D eigenvalue weighted by atomic mass is 9.81. The fourth-order valence-electron chi connectivity index (χ4n) is 17.8. The molecule has 3 aromatic heterocycles. The number of rotatable bonds is 6. The molecule has 10 heteroatoms. The molecule has 0 atom stereocenters. The van der Waals surface area contributed by atoms with Crippen LogP contribution in [-0.2, 0) is 22.7 Å². The van der Waals surface area contributed by atoms with E-state index < -0.39 is 0 Å². The van der Waals surface area contributed by atoms with E-state index in [1.807, 2.05) is 78.9 Å². The second kappa shape index (κ2) is 29.4. The van der Waals surface area contributed by atoms with Crippen molar-refractivity contribution in [1.29, 1.82) is 0 Å². The summed E-state index contributed by atoms with van der Waals surface area (Å²) in [5, 5.41) is 15.3. The molecule has 0 saturated heterocycles. The Labute approximate surface area is 682 Å². The first-order valence-electron chi connectivity index (χ1n) is 38.4. The quantitative estimate of drug-likeness (QED) is 0.133. The zero-order chi connectivity index (χ0) is 77.4. The molecule has 18 aromatic rings. The summed E-state index contributed by atoms with van der Waals surface area (Å²) in [6, 6.07) is 118. The molecule has 22 rings (SSSR count). The van der Waals surface area contributed by atoms with Crippen molar-refractivity contribution in [2.45, 2.75) is 71.1 Å². The van der Waals surface area contributed by atoms with Gasteiger partial charge in [0, 0.05) is 69.1 Å². The van der Waals surface area contributed by atoms with Crippen molar-refractivity contribution in [2.75, 3.05) is 0 Å². The Balaban J connectivity index is 0.000000102. The average molecular weight is 1610 g/mol. The zero-order valence-corrected chi connectivity index (χ0v) is 67.7. The fourth-order valence-corrected chi connectivity index (χ4v) is 18.5. The number of aryl methyl sites for hydroxylation is 1. The van der Waals surface area contributed by atoms with E-state index in [2.05, 4.69) is 354 Å². The molecular formula is C103H79BBr2ClN4O2. The minimum Gasteiger partial charge on any atom is -0.537 e. The minimum atomic E-state index is -0.0456. The summed E-state index contributed by atoms with van der Waals surface area (Å²) in [6.45, 7) is 16.1. The van der Waals surface area contributed by atoms with Crippen LogP contribution >= 0.6 is 43.5 Å². The van der Waals surface area contributed by atoms with Crippen LogP contribution in [0.1, 0.15) is 91.6 Å². The van der Waals surface area contributed by atoms with Crippen molar-refractivity contribution in [2.24, 2.45) is 0 Å². The first kappa shape index (κ1) is 72.8. The highest BCUT2D eigenvalue weighted by atomic mass is 79.9. The van der Waals surface area contributed by atoms with E-state index >= 15 is 0 Å². The van der Waals surface area contributed by atoms with E-state index in [0.29, 0.717) is 13.4 Å². The highest BCUT2D eigenvalue weighted by Crippen LogP contribution is 2.55. The molecule has 4 aliphatic rings. The fraction of sp³-hybridized carbons (Fsp3) is 0.107. The summed E-state index contributed by atoms with van der Waals surface area (Å²) in [5.74, 6) is 0.601. The molecule has 0 saturated carbocycles. The van der Waals surface area contributed by atoms with E-state index in [1.165, 1.54) is 155 Å². The molecular weight excluding hydrogens is 1530 g/mol. The van der Waals surface area contributed by atoms with Gasteiger partial charge < -0.3 is 18.8 Å². The van der Waals surface area contributed by atoms with Crippen molar-refractivity contribution in [3.05, 3.63) is 398 Å². The highest BCUT2D eigenvalue weighted by Gasteiger charge is 2.39. The summed E-state index contributed by atoms with van der Waals surface area (Å²) in [7, 11) is 0.707. The van der Waals surface area contributed by atoms with Crippen LogP contribution in [0.25, 0.3) is 133 Å². The maximum absolute atomic E-state index is 8.92. The third-order valence-electron chi connectivity index (χ3n) is 23.5. The molecule has 0 fully saturated rings. The van der Waals surface area contributed by atoms with E-state index in [4.69, 9.17) is 21.3 Å². The Hall–Kier alpha value is -11.7. The van der Waals surface area contributed by atoms with Gasteiger partial charge in [0.05, 0.1) is 33.3 Å². The number of aromatic nitrogens is 4. The molecule has 0 amide bonds. The van der Waals surface area contributed by atoms with Crippen molar-refractivity contribution >= 4 is 106 Å². The van der Waals surface area contributed by atoms with Gasteiger partial charge in [-0.05, 0) is 234 Å². The number of fused-ring (bicyclic) bond motifs is 19. The van der Waals surface area contributed by atoms with Gasteiger partial charge in [-0.3, -0.25) is 0 Å². The monoisotopic (exact) mass is 1610 g/mol. The van der Waals surface area contributed by atoms with Crippen molar-refractivity contribution in [1.82, 2.24) is 19.1 Å². The third kappa shape index (κ3) is 13.1. The number of para-hydroxylation sites is 3. The van der Waals surface area contributed by atoms with Gasteiger partial charge in [0.25, 0.3) is 0 Å². The molecule has 0 unspecified atom stereocenters. The Morgan fingerprint density at radius 1 is 0.345 bits per heavy atom. The molecule has 15 aromatic carbocycles. The van der Waals surface area contributed by atoms with Gasteiger partial charge in [0.15, 0.2) is 0 Å². The largest absolute Gasteiger partial charge is 0.569 e. The second-order valence-electron chi connectivity index (χ2n) is 31.2. The minimum absolute atomic E-state index is 0.00111. The predicted octanol–water partition coefficient (Wildman–Crippen LogP) is 27.8. The molecule has 1 radical (unpaired) electrons. The first-order valence-corrected chi connectivity index (χ1v) is 40.4. The molecule has 3 heterocycles. The molecule has 6 nitrogen and oxygen atoms in total. The van der Waals surface area contributed by atoms with Crippen LogP contribution in [0.15, 0.2) is 343 Å². The van der Waals surface area contributed by atoms with E-state index in [0.717, 1.165) is 43.2 Å². The van der Waals surface area contributed by atoms with Gasteiger partial charge in [-0.25, -0.2) is 9.97 Å². The van der Waals surface area contributed by atoms with Crippen LogP contribution < -0.4 is 4.65 Å². The number of benzene rings is 15. The average Bonchev–Trinajstić information content (AvgIpc) is 1.57. The summed E-state index contributed by atoms with van der Waals surface area (Å²) < 4.78 is 12.1. The van der Waals surface area contributed by atoms with Crippen molar-refractivity contribution in [3.63, 3.8) is 0 Å². The topological polar surface area (TPSA) is 65.1 Å². The van der Waals surface area contributed by atoms with Crippen LogP contribution in [0.3, 0.4) is 0 Å². The number of nitrogens with zero attached hydrogens (tertiary/aromatic N) is 4. The molecule has 0 spiro atoms. The van der Waals surface area contributed by atoms with Gasteiger partial charge >= 0.3 is 7.69 Å². The number of halogens is 3. The van der Waals surface area contributed by atoms with Crippen LogP contribution in [0.5, 0.6) is 5.75 Å². The normalized spacial score (nSPS) is 13.4. The number of hydrogen-bond acceptors (Lipinski definition) is 4. The molecule has 547 valence electrons. The second-order valence-corrected chi connectivity index (χ2v) is 33.4. The van der Waals surface area contributed by atoms with E-state index in [9.17, 15) is 0 Å². The molecule has 0 aliphatic heterocycles. The number of hydrogen-bond donors (Lipinski definition) is 1. The van der Waals surface area contributed by atoms with Crippen LogP contribution in [0.4, 0.5) is 0 Å². The lowest BCUT2D eigenvalue weighted by molar-refractivity contribution is 0.454. The third-order valence-corrected chi connectivity index (χ3v) is 24.7. The standard InChI is InChI=1S/C27H21BNO2.C27H20BrN.C22H18.C20H13ClN2.C7H7Br/c1-27(2)23-9-5-3-7-19(23)21-15-22-20-8-4-6-10-25(20)29(26(22)16-24(21)27)17-11-13-18(14-12-17)31-28-30;1-27(2)23-9-5-3-7-19(23)21-15-22-20-8-4-6-10-25(20)29(26(22)16-24(21)27)18-13-11-17(28)12-14-18;1-22(2)20-10-6-5-9-17(20)19-13-18-15(12-21(19)22)11-14-7-3-4-8-16(14)18;21-20-22-18-9-5-4-8-17(18)19(23-20)16-12-10-15(11-13-16)14-6-2-1-3-7-14;1-6-2-4-7(8)5-3-6/h3-16,30H,1-2H3;3-16H,1-2H3;3-10,12-13H,11H2,1-2H3;1-13H;2-5H,1H3. The highest BCUT2D eigenvalue weighted by molar-refractivity contribution is 9.10. The van der Waals surface area contributed by atoms with Gasteiger partial charge in [-0.2, -0.15) is 0 Å². The lowest BCUT2D eigenvalue weighted by Gasteiger charge is -2.22. The summed E-state index contributed by atoms with van der Waals surface area (Å²) in [5.41, 5.74) is 36.2. The SMILES string of the molecule is CC1(C)c2ccccc2-c2cc3c(cc21)Cc1ccccc1-3.CC1(C)c2ccccc2-c2cc3c4ccccc4n(-c4ccc(Br)cc4)c3cc21.CC1(C)c2ccccc2-c2cc3c4ccccc4n(-c4ccc(O[B]O)cc4)c3cc21.Cc1ccc(Br)cc1.Clc1nc(-c2ccc(-c3ccccc3)cc2)c2ccccc2n1. The molecule has 4 aliphatic carbocycles. The summed E-state index contributed by atoms with van der Waals surface area (Å²) in [4.78, 5) is 8.71. The Bertz CT molecular complexity index is 6710.